The minimum Gasteiger partial charge on any atom is -0.397 e. The van der Waals surface area contributed by atoms with Crippen LogP contribution in [-0.4, -0.2) is 4.57 Å². The molecule has 3 heteroatoms. The molecular weight excluding hydrogens is 212 g/mol. The molecule has 0 aliphatic rings. The topological polar surface area (TPSA) is 48.0 Å². The Hall–Kier alpha value is -1.25. The number of pyridine rings is 1. The van der Waals surface area contributed by atoms with Gasteiger partial charge in [0.1, 0.15) is 0 Å². The third-order valence-corrected chi connectivity index (χ3v) is 3.13. The first-order valence-electron chi connectivity index (χ1n) is 6.61. The van der Waals surface area contributed by atoms with Gasteiger partial charge in [-0.15, -0.1) is 0 Å². The summed E-state index contributed by atoms with van der Waals surface area (Å²) in [5.41, 5.74) is 7.43. The van der Waals surface area contributed by atoms with Crippen molar-refractivity contribution in [1.82, 2.24) is 4.57 Å². The van der Waals surface area contributed by atoms with Gasteiger partial charge in [-0.3, -0.25) is 4.79 Å². The molecule has 0 fully saturated rings. The number of aromatic nitrogens is 1. The quantitative estimate of drug-likeness (QED) is 0.739. The van der Waals surface area contributed by atoms with E-state index in [1.807, 2.05) is 6.92 Å². The lowest BCUT2D eigenvalue weighted by molar-refractivity contribution is 0.550. The molecule has 0 saturated carbocycles. The molecule has 0 amide bonds. The Bertz CT molecular complexity index is 396. The van der Waals surface area contributed by atoms with Crippen LogP contribution in [0.5, 0.6) is 0 Å². The average Bonchev–Trinajstić information content (AvgIpc) is 2.30. The van der Waals surface area contributed by atoms with Crippen LogP contribution in [0.1, 0.15) is 51.0 Å². The lowest BCUT2D eigenvalue weighted by Gasteiger charge is -2.08. The maximum atomic E-state index is 11.7. The number of rotatable bonds is 7. The molecule has 0 saturated heterocycles. The number of hydrogen-bond donors (Lipinski definition) is 1. The van der Waals surface area contributed by atoms with Gasteiger partial charge < -0.3 is 10.3 Å². The third kappa shape index (κ3) is 4.63. The number of nitrogen functional groups attached to an aromatic ring is 1. The van der Waals surface area contributed by atoms with Gasteiger partial charge in [-0.1, -0.05) is 39.0 Å². The van der Waals surface area contributed by atoms with Crippen LogP contribution in [0, 0.1) is 6.92 Å². The van der Waals surface area contributed by atoms with Crippen LogP contribution in [0.15, 0.2) is 17.1 Å². The molecule has 96 valence electrons. The minimum absolute atomic E-state index is 0.0604. The van der Waals surface area contributed by atoms with Gasteiger partial charge in [0.2, 0.25) is 0 Å². The number of unbranched alkanes of at least 4 members (excludes halogenated alkanes) is 5. The van der Waals surface area contributed by atoms with E-state index >= 15 is 0 Å². The zero-order valence-electron chi connectivity index (χ0n) is 11.0. The number of anilines is 1. The summed E-state index contributed by atoms with van der Waals surface area (Å²) in [5, 5.41) is 0. The van der Waals surface area contributed by atoms with Crippen molar-refractivity contribution in [3.05, 3.63) is 28.2 Å². The Labute approximate surface area is 104 Å². The van der Waals surface area contributed by atoms with E-state index in [1.54, 1.807) is 16.8 Å². The second kappa shape index (κ2) is 7.15. The highest BCUT2D eigenvalue weighted by atomic mass is 16.1. The van der Waals surface area contributed by atoms with Crippen molar-refractivity contribution in [3.63, 3.8) is 0 Å². The minimum atomic E-state index is 0.0604. The second-order valence-electron chi connectivity index (χ2n) is 4.71. The summed E-state index contributed by atoms with van der Waals surface area (Å²) in [5.74, 6) is 0. The normalized spacial score (nSPS) is 10.7. The van der Waals surface area contributed by atoms with E-state index in [1.165, 1.54) is 32.1 Å². The number of nitrogens with zero attached hydrogens (tertiary/aromatic N) is 1. The number of aryl methyl sites for hydroxylation is 2. The van der Waals surface area contributed by atoms with Crippen molar-refractivity contribution in [1.29, 1.82) is 0 Å². The standard InChI is InChI=1S/C14H24N2O/c1-3-4-5-6-7-8-9-16-11-13(15)12(2)10-14(16)17/h10-11H,3-9,15H2,1-2H3. The summed E-state index contributed by atoms with van der Waals surface area (Å²) in [6.45, 7) is 4.87. The van der Waals surface area contributed by atoms with E-state index in [-0.39, 0.29) is 5.56 Å². The van der Waals surface area contributed by atoms with E-state index in [0.717, 1.165) is 18.5 Å². The first-order valence-corrected chi connectivity index (χ1v) is 6.61. The van der Waals surface area contributed by atoms with Crippen molar-refractivity contribution in [2.75, 3.05) is 5.73 Å². The Morgan fingerprint density at radius 3 is 2.53 bits per heavy atom. The van der Waals surface area contributed by atoms with Crippen LogP contribution in [-0.2, 0) is 6.54 Å². The summed E-state index contributed by atoms with van der Waals surface area (Å²) >= 11 is 0. The van der Waals surface area contributed by atoms with Crippen LogP contribution in [0.4, 0.5) is 5.69 Å². The molecule has 0 aliphatic carbocycles. The molecule has 0 aromatic carbocycles. The van der Waals surface area contributed by atoms with Crippen LogP contribution >= 0.6 is 0 Å². The summed E-state index contributed by atoms with van der Waals surface area (Å²) in [6, 6.07) is 1.62. The number of nitrogens with two attached hydrogens (primary N) is 1. The molecule has 1 rings (SSSR count). The van der Waals surface area contributed by atoms with Crippen LogP contribution in [0.3, 0.4) is 0 Å². The van der Waals surface area contributed by atoms with Gasteiger partial charge >= 0.3 is 0 Å². The van der Waals surface area contributed by atoms with E-state index < -0.39 is 0 Å². The predicted octanol–water partition coefficient (Wildman–Crippen LogP) is 3.10. The molecule has 2 N–H and O–H groups in total. The summed E-state index contributed by atoms with van der Waals surface area (Å²) < 4.78 is 1.72. The van der Waals surface area contributed by atoms with Crippen LogP contribution < -0.4 is 11.3 Å². The highest BCUT2D eigenvalue weighted by Gasteiger charge is 2.00. The molecule has 0 spiro atoms. The van der Waals surface area contributed by atoms with Crippen molar-refractivity contribution < 1.29 is 0 Å². The van der Waals surface area contributed by atoms with Crippen LogP contribution in [0.25, 0.3) is 0 Å². The molecule has 17 heavy (non-hydrogen) atoms. The second-order valence-corrected chi connectivity index (χ2v) is 4.71. The lowest BCUT2D eigenvalue weighted by atomic mass is 10.1. The Morgan fingerprint density at radius 2 is 1.82 bits per heavy atom. The zero-order chi connectivity index (χ0) is 12.7. The van der Waals surface area contributed by atoms with Gasteiger partial charge in [0.05, 0.1) is 5.69 Å². The molecule has 1 heterocycles. The van der Waals surface area contributed by atoms with Crippen molar-refractivity contribution in [3.8, 4) is 0 Å². The average molecular weight is 236 g/mol. The first kappa shape index (κ1) is 13.8. The Kier molecular flexibility index (Phi) is 5.81. The molecule has 1 aromatic rings. The van der Waals surface area contributed by atoms with E-state index in [4.69, 9.17) is 5.73 Å². The van der Waals surface area contributed by atoms with Gasteiger partial charge in [0.25, 0.3) is 5.56 Å². The third-order valence-electron chi connectivity index (χ3n) is 3.13. The maximum Gasteiger partial charge on any atom is 0.250 e. The molecular formula is C14H24N2O. The van der Waals surface area contributed by atoms with E-state index in [2.05, 4.69) is 6.92 Å². The Morgan fingerprint density at radius 1 is 1.18 bits per heavy atom. The molecule has 3 nitrogen and oxygen atoms in total. The molecule has 0 bridgehead atoms. The largest absolute Gasteiger partial charge is 0.397 e. The van der Waals surface area contributed by atoms with Crippen molar-refractivity contribution in [2.24, 2.45) is 0 Å². The van der Waals surface area contributed by atoms with Crippen molar-refractivity contribution >= 4 is 5.69 Å². The molecule has 0 aliphatic heterocycles. The smallest absolute Gasteiger partial charge is 0.250 e. The van der Waals surface area contributed by atoms with E-state index in [0.29, 0.717) is 5.69 Å². The maximum absolute atomic E-state index is 11.7. The molecule has 0 radical (unpaired) electrons. The summed E-state index contributed by atoms with van der Waals surface area (Å²) in [7, 11) is 0. The zero-order valence-corrected chi connectivity index (χ0v) is 11.0. The number of hydrogen-bond acceptors (Lipinski definition) is 2. The summed E-state index contributed by atoms with van der Waals surface area (Å²) in [6.07, 6.45) is 9.19. The van der Waals surface area contributed by atoms with Crippen molar-refractivity contribution in [2.45, 2.75) is 58.9 Å². The fourth-order valence-electron chi connectivity index (χ4n) is 1.92. The highest BCUT2D eigenvalue weighted by Crippen LogP contribution is 2.08. The SMILES string of the molecule is CCCCCCCCn1cc(N)c(C)cc1=O. The van der Waals surface area contributed by atoms with Gasteiger partial charge in [-0.05, 0) is 18.9 Å². The fraction of sp³-hybridized carbons (Fsp3) is 0.643. The monoisotopic (exact) mass is 236 g/mol. The molecule has 0 unspecified atom stereocenters. The summed E-state index contributed by atoms with van der Waals surface area (Å²) in [4.78, 5) is 11.7. The first-order chi connectivity index (χ1) is 8.15. The van der Waals surface area contributed by atoms with Gasteiger partial charge in [-0.2, -0.15) is 0 Å². The fourth-order valence-corrected chi connectivity index (χ4v) is 1.92. The van der Waals surface area contributed by atoms with Crippen LogP contribution in [0.2, 0.25) is 0 Å². The van der Waals surface area contributed by atoms with E-state index in [9.17, 15) is 4.79 Å². The highest BCUT2D eigenvalue weighted by molar-refractivity contribution is 5.42. The molecule has 0 atom stereocenters. The molecule has 1 aromatic heterocycles. The predicted molar refractivity (Wildman–Crippen MR) is 73.2 cm³/mol. The Balaban J connectivity index is 2.37. The van der Waals surface area contributed by atoms with Gasteiger partial charge in [0.15, 0.2) is 0 Å². The van der Waals surface area contributed by atoms with Gasteiger partial charge in [0, 0.05) is 18.8 Å². The van der Waals surface area contributed by atoms with Gasteiger partial charge in [-0.25, -0.2) is 0 Å². The lowest BCUT2D eigenvalue weighted by Crippen LogP contribution is -2.20.